The highest BCUT2D eigenvalue weighted by Crippen LogP contribution is 2.19. The van der Waals surface area contributed by atoms with Crippen molar-refractivity contribution >= 4 is 23.4 Å². The van der Waals surface area contributed by atoms with E-state index in [1.54, 1.807) is 18.2 Å². The van der Waals surface area contributed by atoms with Gasteiger partial charge in [-0.15, -0.1) is 5.10 Å². The molecular formula is C19H19N5O2. The molecule has 0 aliphatic rings. The molecule has 1 heterocycles. The summed E-state index contributed by atoms with van der Waals surface area (Å²) in [4.78, 5) is 16.0. The lowest BCUT2D eigenvalue weighted by Gasteiger charge is -2.14. The molecule has 0 aliphatic heterocycles. The molecule has 26 heavy (non-hydrogen) atoms. The number of esters is 1. The molecule has 0 aliphatic carbocycles. The van der Waals surface area contributed by atoms with Gasteiger partial charge in [0.1, 0.15) is 0 Å². The van der Waals surface area contributed by atoms with Gasteiger partial charge in [-0.2, -0.15) is 10.1 Å². The number of nitrogens with one attached hydrogen (secondary N) is 2. The molecule has 0 saturated heterocycles. The van der Waals surface area contributed by atoms with Crippen LogP contribution in [0, 0.1) is 0 Å². The Morgan fingerprint density at radius 2 is 1.92 bits per heavy atom. The van der Waals surface area contributed by atoms with Crippen molar-refractivity contribution in [1.29, 1.82) is 0 Å². The monoisotopic (exact) mass is 349 g/mol. The molecule has 0 spiro atoms. The second kappa shape index (κ2) is 8.06. The van der Waals surface area contributed by atoms with Crippen LogP contribution in [0.5, 0.6) is 0 Å². The molecule has 0 saturated carbocycles. The van der Waals surface area contributed by atoms with Crippen molar-refractivity contribution in [2.24, 2.45) is 0 Å². The predicted octanol–water partition coefficient (Wildman–Crippen LogP) is 3.57. The van der Waals surface area contributed by atoms with Crippen LogP contribution in [0.25, 0.3) is 0 Å². The quantitative estimate of drug-likeness (QED) is 0.658. The maximum atomic E-state index is 11.6. The number of benzene rings is 2. The SMILES string of the molecule is COC(=O)c1cccc(Nc2cnnc(NC(C)c3ccccc3)n2)c1. The van der Waals surface area contributed by atoms with Gasteiger partial charge >= 0.3 is 5.97 Å². The topological polar surface area (TPSA) is 89.0 Å². The maximum absolute atomic E-state index is 11.6. The van der Waals surface area contributed by atoms with E-state index in [0.717, 1.165) is 5.56 Å². The van der Waals surface area contributed by atoms with Gasteiger partial charge in [-0.25, -0.2) is 4.79 Å². The number of carbonyl (C=O) groups excluding carboxylic acids is 1. The van der Waals surface area contributed by atoms with Crippen molar-refractivity contribution < 1.29 is 9.53 Å². The number of hydrogen-bond donors (Lipinski definition) is 2. The first-order valence-electron chi connectivity index (χ1n) is 8.12. The Hall–Kier alpha value is -3.48. The fourth-order valence-electron chi connectivity index (χ4n) is 2.43. The lowest BCUT2D eigenvalue weighted by atomic mass is 10.1. The summed E-state index contributed by atoms with van der Waals surface area (Å²) in [5.74, 6) is 0.536. The zero-order chi connectivity index (χ0) is 18.4. The van der Waals surface area contributed by atoms with E-state index in [2.05, 4.69) is 25.8 Å². The summed E-state index contributed by atoms with van der Waals surface area (Å²) in [5.41, 5.74) is 2.28. The van der Waals surface area contributed by atoms with Gasteiger partial charge in [-0.05, 0) is 30.7 Å². The normalized spacial score (nSPS) is 11.5. The number of hydrogen-bond acceptors (Lipinski definition) is 7. The van der Waals surface area contributed by atoms with Gasteiger partial charge in [0.25, 0.3) is 0 Å². The van der Waals surface area contributed by atoms with Crippen molar-refractivity contribution in [3.05, 3.63) is 71.9 Å². The van der Waals surface area contributed by atoms with Crippen LogP contribution in [0.15, 0.2) is 60.8 Å². The highest BCUT2D eigenvalue weighted by molar-refractivity contribution is 5.90. The van der Waals surface area contributed by atoms with Gasteiger partial charge in [-0.1, -0.05) is 36.4 Å². The summed E-state index contributed by atoms with van der Waals surface area (Å²) < 4.78 is 4.73. The molecule has 0 amide bonds. The summed E-state index contributed by atoms with van der Waals surface area (Å²) in [6.45, 7) is 2.03. The summed E-state index contributed by atoms with van der Waals surface area (Å²) in [5, 5.41) is 14.3. The second-order valence-corrected chi connectivity index (χ2v) is 5.64. The molecule has 0 bridgehead atoms. The van der Waals surface area contributed by atoms with E-state index in [4.69, 9.17) is 4.74 Å². The van der Waals surface area contributed by atoms with E-state index in [0.29, 0.717) is 23.0 Å². The minimum Gasteiger partial charge on any atom is -0.465 e. The molecular weight excluding hydrogens is 330 g/mol. The van der Waals surface area contributed by atoms with Crippen molar-refractivity contribution in [2.75, 3.05) is 17.7 Å². The molecule has 0 radical (unpaired) electrons. The summed E-state index contributed by atoms with van der Waals surface area (Å²) in [7, 11) is 1.35. The van der Waals surface area contributed by atoms with Gasteiger partial charge in [0.05, 0.1) is 24.9 Å². The molecule has 132 valence electrons. The standard InChI is InChI=1S/C19H19N5O2/c1-13(14-7-4-3-5-8-14)21-19-23-17(12-20-24-19)22-16-10-6-9-15(11-16)18(25)26-2/h3-13H,1-2H3,(H2,21,22,23,24). The highest BCUT2D eigenvalue weighted by atomic mass is 16.5. The molecule has 2 N–H and O–H groups in total. The van der Waals surface area contributed by atoms with Crippen LogP contribution in [0.3, 0.4) is 0 Å². The lowest BCUT2D eigenvalue weighted by molar-refractivity contribution is 0.0601. The number of carbonyl (C=O) groups is 1. The number of ether oxygens (including phenoxy) is 1. The van der Waals surface area contributed by atoms with Crippen molar-refractivity contribution in [3.63, 3.8) is 0 Å². The van der Waals surface area contributed by atoms with Crippen molar-refractivity contribution in [3.8, 4) is 0 Å². The minimum atomic E-state index is -0.395. The molecule has 7 nitrogen and oxygen atoms in total. The van der Waals surface area contributed by atoms with E-state index < -0.39 is 5.97 Å². The zero-order valence-electron chi connectivity index (χ0n) is 14.5. The van der Waals surface area contributed by atoms with Crippen molar-refractivity contribution in [1.82, 2.24) is 15.2 Å². The first-order chi connectivity index (χ1) is 12.7. The van der Waals surface area contributed by atoms with Crippen LogP contribution >= 0.6 is 0 Å². The molecule has 1 aromatic heterocycles. The number of aromatic nitrogens is 3. The summed E-state index contributed by atoms with van der Waals surface area (Å²) in [6, 6.07) is 17.0. The minimum absolute atomic E-state index is 0.0379. The third-order valence-corrected chi connectivity index (χ3v) is 3.76. The van der Waals surface area contributed by atoms with Crippen LogP contribution in [0.4, 0.5) is 17.5 Å². The summed E-state index contributed by atoms with van der Waals surface area (Å²) >= 11 is 0. The second-order valence-electron chi connectivity index (χ2n) is 5.64. The lowest BCUT2D eigenvalue weighted by Crippen LogP contribution is -2.11. The first-order valence-corrected chi connectivity index (χ1v) is 8.12. The van der Waals surface area contributed by atoms with Crippen LogP contribution in [0.2, 0.25) is 0 Å². The Kier molecular flexibility index (Phi) is 5.38. The van der Waals surface area contributed by atoms with E-state index in [9.17, 15) is 4.79 Å². The maximum Gasteiger partial charge on any atom is 0.337 e. The average Bonchev–Trinajstić information content (AvgIpc) is 2.68. The largest absolute Gasteiger partial charge is 0.465 e. The number of nitrogens with zero attached hydrogens (tertiary/aromatic N) is 3. The Balaban J connectivity index is 1.72. The number of rotatable bonds is 6. The molecule has 7 heteroatoms. The molecule has 3 rings (SSSR count). The van der Waals surface area contributed by atoms with E-state index in [1.807, 2.05) is 43.3 Å². The molecule has 0 fully saturated rings. The van der Waals surface area contributed by atoms with Gasteiger partial charge in [0.15, 0.2) is 5.82 Å². The smallest absolute Gasteiger partial charge is 0.337 e. The fourth-order valence-corrected chi connectivity index (χ4v) is 2.43. The van der Waals surface area contributed by atoms with Crippen LogP contribution in [0.1, 0.15) is 28.9 Å². The van der Waals surface area contributed by atoms with Crippen LogP contribution < -0.4 is 10.6 Å². The summed E-state index contributed by atoms with van der Waals surface area (Å²) in [6.07, 6.45) is 1.52. The molecule has 3 aromatic rings. The Morgan fingerprint density at radius 1 is 1.12 bits per heavy atom. The van der Waals surface area contributed by atoms with E-state index in [-0.39, 0.29) is 6.04 Å². The van der Waals surface area contributed by atoms with Crippen LogP contribution in [-0.4, -0.2) is 28.3 Å². The van der Waals surface area contributed by atoms with Gasteiger partial charge in [0, 0.05) is 5.69 Å². The van der Waals surface area contributed by atoms with Crippen LogP contribution in [-0.2, 0) is 4.74 Å². The number of methoxy groups -OCH3 is 1. The molecule has 1 atom stereocenters. The third kappa shape index (κ3) is 4.32. The van der Waals surface area contributed by atoms with Crippen molar-refractivity contribution in [2.45, 2.75) is 13.0 Å². The Morgan fingerprint density at radius 3 is 2.69 bits per heavy atom. The molecule has 1 unspecified atom stereocenters. The number of anilines is 3. The van der Waals surface area contributed by atoms with E-state index in [1.165, 1.54) is 13.3 Å². The van der Waals surface area contributed by atoms with Gasteiger partial charge in [-0.3, -0.25) is 0 Å². The zero-order valence-corrected chi connectivity index (χ0v) is 14.5. The predicted molar refractivity (Wildman–Crippen MR) is 99.4 cm³/mol. The fraction of sp³-hybridized carbons (Fsp3) is 0.158. The third-order valence-electron chi connectivity index (χ3n) is 3.76. The van der Waals surface area contributed by atoms with Gasteiger partial charge < -0.3 is 15.4 Å². The van der Waals surface area contributed by atoms with Gasteiger partial charge in [0.2, 0.25) is 5.95 Å². The Bertz CT molecular complexity index is 886. The molecule has 2 aromatic carbocycles. The average molecular weight is 349 g/mol. The first kappa shape index (κ1) is 17.3. The Labute approximate surface area is 151 Å². The van der Waals surface area contributed by atoms with E-state index >= 15 is 0 Å². The highest BCUT2D eigenvalue weighted by Gasteiger charge is 2.09.